The topological polar surface area (TPSA) is 157 Å². The van der Waals surface area contributed by atoms with Gasteiger partial charge in [0.25, 0.3) is 17.3 Å². The zero-order valence-electron chi connectivity index (χ0n) is 14.7. The molecule has 0 aliphatic carbocycles. The Morgan fingerprint density at radius 2 is 1.66 bits per heavy atom. The third-order valence-corrected chi connectivity index (χ3v) is 4.90. The molecule has 12 heteroatoms. The number of para-hydroxylation sites is 1. The number of aromatic nitrogens is 1. The Morgan fingerprint density at radius 1 is 1.00 bits per heavy atom. The molecule has 3 rings (SSSR count). The molecule has 1 aromatic heterocycles. The number of non-ortho nitro benzene ring substituents is 2. The Hall–Kier alpha value is -3.93. The van der Waals surface area contributed by atoms with E-state index < -0.39 is 33.0 Å². The second kappa shape index (κ2) is 8.39. The van der Waals surface area contributed by atoms with Gasteiger partial charge in [0.1, 0.15) is 0 Å². The highest BCUT2D eigenvalue weighted by atomic mass is 32.1. The van der Waals surface area contributed by atoms with Crippen molar-refractivity contribution >= 4 is 44.7 Å². The van der Waals surface area contributed by atoms with Gasteiger partial charge < -0.3 is 0 Å². The maximum atomic E-state index is 12.1. The number of carbonyl (C=O) groups excluding carboxylic acids is 2. The van der Waals surface area contributed by atoms with Crippen LogP contribution in [0.15, 0.2) is 42.5 Å². The first-order chi connectivity index (χ1) is 13.8. The maximum absolute atomic E-state index is 12.1. The molecular formula is C17H13N5O6S. The summed E-state index contributed by atoms with van der Waals surface area (Å²) in [5, 5.41) is 22.5. The molecule has 0 saturated carbocycles. The van der Waals surface area contributed by atoms with Gasteiger partial charge in [-0.15, -0.1) is 11.3 Å². The van der Waals surface area contributed by atoms with Crippen LogP contribution in [0.4, 0.5) is 11.4 Å². The number of nitrogens with one attached hydrogen (secondary N) is 2. The van der Waals surface area contributed by atoms with E-state index in [0.29, 0.717) is 6.42 Å². The maximum Gasteiger partial charge on any atom is 0.277 e. The minimum Gasteiger partial charge on any atom is -0.273 e. The van der Waals surface area contributed by atoms with E-state index in [1.807, 2.05) is 24.3 Å². The molecule has 3 aromatic rings. The van der Waals surface area contributed by atoms with Crippen molar-refractivity contribution in [3.05, 3.63) is 73.3 Å². The van der Waals surface area contributed by atoms with Crippen LogP contribution in [0.1, 0.15) is 21.8 Å². The van der Waals surface area contributed by atoms with Gasteiger partial charge in [-0.05, 0) is 12.1 Å². The van der Waals surface area contributed by atoms with E-state index in [-0.39, 0.29) is 12.0 Å². The van der Waals surface area contributed by atoms with Crippen LogP contribution in [0.5, 0.6) is 0 Å². The molecule has 0 unspecified atom stereocenters. The number of fused-ring (bicyclic) bond motifs is 1. The number of amides is 2. The zero-order valence-corrected chi connectivity index (χ0v) is 15.5. The number of nitro groups is 2. The Morgan fingerprint density at radius 3 is 2.28 bits per heavy atom. The number of benzene rings is 2. The lowest BCUT2D eigenvalue weighted by Crippen LogP contribution is -2.41. The van der Waals surface area contributed by atoms with Crippen LogP contribution in [0.2, 0.25) is 0 Å². The molecule has 148 valence electrons. The Kier molecular flexibility index (Phi) is 5.74. The summed E-state index contributed by atoms with van der Waals surface area (Å²) in [6, 6.07) is 10.1. The average molecular weight is 415 g/mol. The lowest BCUT2D eigenvalue weighted by atomic mass is 10.1. The fourth-order valence-corrected chi connectivity index (χ4v) is 3.41. The quantitative estimate of drug-likeness (QED) is 0.462. The molecule has 2 amide bonds. The highest BCUT2D eigenvalue weighted by Gasteiger charge is 2.20. The largest absolute Gasteiger partial charge is 0.277 e. The summed E-state index contributed by atoms with van der Waals surface area (Å²) in [5.41, 5.74) is 3.58. The standard InChI is InChI=1S/C17H13N5O6S/c23-15(5-6-16-18-13-3-1-2-4-14(13)29-16)19-20-17(24)10-7-11(21(25)26)9-12(8-10)22(27)28/h1-4,7-9H,5-6H2,(H,19,23)(H,20,24). The molecule has 0 atom stereocenters. The van der Waals surface area contributed by atoms with Crippen molar-refractivity contribution < 1.29 is 19.4 Å². The van der Waals surface area contributed by atoms with Gasteiger partial charge in [0.05, 0.1) is 36.7 Å². The normalized spacial score (nSPS) is 10.5. The molecule has 0 aliphatic rings. The predicted octanol–water partition coefficient (Wildman–Crippen LogP) is 2.51. The molecule has 29 heavy (non-hydrogen) atoms. The molecular weight excluding hydrogens is 402 g/mol. The second-order valence-corrected chi connectivity index (χ2v) is 6.95. The number of rotatable bonds is 6. The van der Waals surface area contributed by atoms with Gasteiger partial charge in [0.15, 0.2) is 0 Å². The van der Waals surface area contributed by atoms with Gasteiger partial charge in [0.2, 0.25) is 5.91 Å². The van der Waals surface area contributed by atoms with Gasteiger partial charge in [-0.25, -0.2) is 4.98 Å². The van der Waals surface area contributed by atoms with Crippen LogP contribution in [-0.4, -0.2) is 26.6 Å². The second-order valence-electron chi connectivity index (χ2n) is 5.83. The van der Waals surface area contributed by atoms with Crippen molar-refractivity contribution in [3.8, 4) is 0 Å². The van der Waals surface area contributed by atoms with Crippen molar-refractivity contribution in [1.82, 2.24) is 15.8 Å². The summed E-state index contributed by atoms with van der Waals surface area (Å²) in [4.78, 5) is 48.5. The summed E-state index contributed by atoms with van der Waals surface area (Å²) in [7, 11) is 0. The molecule has 2 N–H and O–H groups in total. The average Bonchev–Trinajstić information content (AvgIpc) is 3.13. The highest BCUT2D eigenvalue weighted by molar-refractivity contribution is 7.18. The first-order valence-electron chi connectivity index (χ1n) is 8.21. The van der Waals surface area contributed by atoms with Crippen LogP contribution in [0.25, 0.3) is 10.2 Å². The number of hydrogen-bond acceptors (Lipinski definition) is 8. The number of nitrogens with zero attached hydrogens (tertiary/aromatic N) is 3. The molecule has 11 nitrogen and oxygen atoms in total. The van der Waals surface area contributed by atoms with Crippen LogP contribution in [0.3, 0.4) is 0 Å². The zero-order chi connectivity index (χ0) is 21.0. The number of carbonyl (C=O) groups is 2. The van der Waals surface area contributed by atoms with Gasteiger partial charge in [-0.3, -0.25) is 40.7 Å². The van der Waals surface area contributed by atoms with Crippen LogP contribution in [0, 0.1) is 20.2 Å². The first-order valence-corrected chi connectivity index (χ1v) is 9.02. The summed E-state index contributed by atoms with van der Waals surface area (Å²) in [5.74, 6) is -1.41. The number of hydrogen-bond donors (Lipinski definition) is 2. The fraction of sp³-hybridized carbons (Fsp3) is 0.118. The highest BCUT2D eigenvalue weighted by Crippen LogP contribution is 2.23. The van der Waals surface area contributed by atoms with Gasteiger partial charge in [-0.1, -0.05) is 12.1 Å². The van der Waals surface area contributed by atoms with Crippen molar-refractivity contribution in [3.63, 3.8) is 0 Å². The minimum atomic E-state index is -0.912. The molecule has 0 aliphatic heterocycles. The smallest absolute Gasteiger partial charge is 0.273 e. The summed E-state index contributed by atoms with van der Waals surface area (Å²) in [6.07, 6.45) is 0.415. The molecule has 0 fully saturated rings. The monoisotopic (exact) mass is 415 g/mol. The minimum absolute atomic E-state index is 0.0508. The first kappa shape index (κ1) is 19.8. The Bertz CT molecular complexity index is 1060. The van der Waals surface area contributed by atoms with Gasteiger partial charge in [0, 0.05) is 25.0 Å². The summed E-state index contributed by atoms with van der Waals surface area (Å²) >= 11 is 1.46. The van der Waals surface area contributed by atoms with Crippen LogP contribution >= 0.6 is 11.3 Å². The van der Waals surface area contributed by atoms with E-state index in [2.05, 4.69) is 15.8 Å². The summed E-state index contributed by atoms with van der Waals surface area (Å²) < 4.78 is 1.00. The molecule has 2 aromatic carbocycles. The van der Waals surface area contributed by atoms with Crippen molar-refractivity contribution in [2.75, 3.05) is 0 Å². The SMILES string of the molecule is O=C(CCc1nc2ccccc2s1)NNC(=O)c1cc([N+](=O)[O-])cc([N+](=O)[O-])c1. The molecule has 0 bridgehead atoms. The van der Waals surface area contributed by atoms with Crippen molar-refractivity contribution in [1.29, 1.82) is 0 Å². The Balaban J connectivity index is 1.59. The molecule has 0 radical (unpaired) electrons. The van der Waals surface area contributed by atoms with E-state index in [9.17, 15) is 29.8 Å². The van der Waals surface area contributed by atoms with Gasteiger partial charge in [-0.2, -0.15) is 0 Å². The molecule has 0 spiro atoms. The Labute approximate surface area is 166 Å². The molecule has 1 heterocycles. The number of thiazole rings is 1. The van der Waals surface area contributed by atoms with Crippen molar-refractivity contribution in [2.45, 2.75) is 12.8 Å². The van der Waals surface area contributed by atoms with Gasteiger partial charge >= 0.3 is 0 Å². The van der Waals surface area contributed by atoms with Crippen LogP contribution in [-0.2, 0) is 11.2 Å². The van der Waals surface area contributed by atoms with E-state index >= 15 is 0 Å². The van der Waals surface area contributed by atoms with Crippen molar-refractivity contribution in [2.24, 2.45) is 0 Å². The molecule has 0 saturated heterocycles. The van der Waals surface area contributed by atoms with Crippen LogP contribution < -0.4 is 10.9 Å². The summed E-state index contributed by atoms with van der Waals surface area (Å²) in [6.45, 7) is 0. The van der Waals surface area contributed by atoms with E-state index in [0.717, 1.165) is 33.4 Å². The van der Waals surface area contributed by atoms with E-state index in [1.165, 1.54) is 11.3 Å². The number of aryl methyl sites for hydroxylation is 1. The number of nitro benzene ring substituents is 2. The lowest BCUT2D eigenvalue weighted by molar-refractivity contribution is -0.394. The predicted molar refractivity (Wildman–Crippen MR) is 103 cm³/mol. The third-order valence-electron chi connectivity index (χ3n) is 3.81. The third kappa shape index (κ3) is 4.87. The number of hydrazine groups is 1. The fourth-order valence-electron chi connectivity index (χ4n) is 2.45. The lowest BCUT2D eigenvalue weighted by Gasteiger charge is -2.07. The van der Waals surface area contributed by atoms with E-state index in [4.69, 9.17) is 0 Å². The van der Waals surface area contributed by atoms with E-state index in [1.54, 1.807) is 0 Å².